The highest BCUT2D eigenvalue weighted by atomic mass is 16.5. The number of ether oxygens (including phenoxy) is 1. The smallest absolute Gasteiger partial charge is 0.255 e. The second-order valence-electron chi connectivity index (χ2n) is 5.93. The van der Waals surface area contributed by atoms with Crippen LogP contribution in [0.2, 0.25) is 0 Å². The van der Waals surface area contributed by atoms with Crippen molar-refractivity contribution in [3.8, 4) is 0 Å². The average molecular weight is 339 g/mol. The second-order valence-corrected chi connectivity index (χ2v) is 5.93. The van der Waals surface area contributed by atoms with E-state index in [1.165, 1.54) is 0 Å². The van der Waals surface area contributed by atoms with Crippen LogP contribution in [-0.4, -0.2) is 32.6 Å². The molecule has 7 heteroatoms. The average Bonchev–Trinajstić information content (AvgIpc) is 3.14. The van der Waals surface area contributed by atoms with Crippen molar-refractivity contribution in [3.05, 3.63) is 65.2 Å². The Balaban J connectivity index is 1.71. The molecule has 3 rings (SSSR count). The van der Waals surface area contributed by atoms with Gasteiger partial charge in [0.2, 0.25) is 0 Å². The molecule has 0 atom stereocenters. The molecule has 1 amide bonds. The van der Waals surface area contributed by atoms with Crippen LogP contribution in [-0.2, 0) is 18.0 Å². The van der Waals surface area contributed by atoms with Gasteiger partial charge in [-0.15, -0.1) is 0 Å². The highest BCUT2D eigenvalue weighted by Crippen LogP contribution is 2.12. The number of methoxy groups -OCH3 is 1. The molecule has 1 aromatic carbocycles. The van der Waals surface area contributed by atoms with Gasteiger partial charge in [-0.25, -0.2) is 4.68 Å². The molecule has 0 bridgehead atoms. The maximum absolute atomic E-state index is 12.5. The molecule has 25 heavy (non-hydrogen) atoms. The predicted molar refractivity (Wildman–Crippen MR) is 94.4 cm³/mol. The minimum atomic E-state index is -0.174. The normalized spacial score (nSPS) is 10.8. The number of nitrogens with one attached hydrogen (secondary N) is 1. The first-order valence-corrected chi connectivity index (χ1v) is 7.98. The molecule has 7 nitrogen and oxygen atoms in total. The van der Waals surface area contributed by atoms with Gasteiger partial charge in [-0.3, -0.25) is 9.48 Å². The molecule has 0 spiro atoms. The van der Waals surface area contributed by atoms with Crippen molar-refractivity contribution in [3.63, 3.8) is 0 Å². The largest absolute Gasteiger partial charge is 0.362 e. The maximum atomic E-state index is 12.5. The second kappa shape index (κ2) is 7.31. The zero-order chi connectivity index (χ0) is 17.8. The summed E-state index contributed by atoms with van der Waals surface area (Å²) in [6, 6.07) is 9.58. The van der Waals surface area contributed by atoms with Crippen molar-refractivity contribution < 1.29 is 9.53 Å². The van der Waals surface area contributed by atoms with Crippen LogP contribution in [0.15, 0.2) is 42.7 Å². The van der Waals surface area contributed by atoms with Crippen LogP contribution in [0.5, 0.6) is 0 Å². The van der Waals surface area contributed by atoms with Gasteiger partial charge in [0.1, 0.15) is 6.73 Å². The van der Waals surface area contributed by atoms with Crippen molar-refractivity contribution in [2.24, 2.45) is 0 Å². The summed E-state index contributed by atoms with van der Waals surface area (Å²) in [5.74, 6) is -0.174. The first kappa shape index (κ1) is 16.9. The monoisotopic (exact) mass is 339 g/mol. The predicted octanol–water partition coefficient (Wildman–Crippen LogP) is 2.60. The highest BCUT2D eigenvalue weighted by molar-refractivity contribution is 6.04. The lowest BCUT2D eigenvalue weighted by Crippen LogP contribution is -2.12. The quantitative estimate of drug-likeness (QED) is 0.749. The number of aryl methyl sites for hydroxylation is 2. The van der Waals surface area contributed by atoms with Crippen LogP contribution < -0.4 is 5.32 Å². The van der Waals surface area contributed by atoms with Crippen molar-refractivity contribution in [1.82, 2.24) is 19.6 Å². The van der Waals surface area contributed by atoms with E-state index in [0.717, 1.165) is 17.0 Å². The van der Waals surface area contributed by atoms with Crippen LogP contribution in [0.25, 0.3) is 0 Å². The summed E-state index contributed by atoms with van der Waals surface area (Å²) >= 11 is 0. The molecule has 0 saturated carbocycles. The number of hydrogen-bond donors (Lipinski definition) is 1. The van der Waals surface area contributed by atoms with E-state index in [9.17, 15) is 4.79 Å². The van der Waals surface area contributed by atoms with E-state index >= 15 is 0 Å². The molecule has 0 aliphatic carbocycles. The lowest BCUT2D eigenvalue weighted by molar-refractivity contribution is 0.102. The first-order valence-electron chi connectivity index (χ1n) is 7.98. The van der Waals surface area contributed by atoms with Crippen molar-refractivity contribution in [2.45, 2.75) is 27.1 Å². The van der Waals surface area contributed by atoms with Crippen LogP contribution in [0.1, 0.15) is 27.3 Å². The van der Waals surface area contributed by atoms with E-state index in [4.69, 9.17) is 4.74 Å². The fourth-order valence-corrected chi connectivity index (χ4v) is 2.65. The van der Waals surface area contributed by atoms with E-state index < -0.39 is 0 Å². The number of nitrogens with zero attached hydrogens (tertiary/aromatic N) is 4. The topological polar surface area (TPSA) is 74.0 Å². The molecular formula is C18H21N5O2. The molecule has 0 saturated heterocycles. The number of carbonyl (C=O) groups is 1. The molecule has 0 aliphatic heterocycles. The SMILES string of the molecule is COCn1cc(NC(=O)c2cccc(Cn3nc(C)cc3C)c2)cn1. The van der Waals surface area contributed by atoms with Gasteiger partial charge in [-0.2, -0.15) is 10.2 Å². The number of anilines is 1. The molecule has 2 aromatic heterocycles. The number of rotatable bonds is 6. The Morgan fingerprint density at radius 3 is 2.84 bits per heavy atom. The Morgan fingerprint density at radius 2 is 2.12 bits per heavy atom. The standard InChI is InChI=1S/C18H21N5O2/c1-13-7-14(2)23(21-13)10-15-5-4-6-16(8-15)18(24)20-17-9-19-22(11-17)12-25-3/h4-9,11H,10,12H2,1-3H3,(H,20,24). The Labute approximate surface area is 146 Å². The molecule has 130 valence electrons. The molecular weight excluding hydrogens is 318 g/mol. The van der Waals surface area contributed by atoms with Gasteiger partial charge in [0.25, 0.3) is 5.91 Å². The first-order chi connectivity index (χ1) is 12.0. The van der Waals surface area contributed by atoms with Crippen molar-refractivity contribution >= 4 is 11.6 Å². The molecule has 2 heterocycles. The van der Waals surface area contributed by atoms with E-state index in [-0.39, 0.29) is 5.91 Å². The summed E-state index contributed by atoms with van der Waals surface area (Å²) in [4.78, 5) is 12.5. The van der Waals surface area contributed by atoms with Crippen LogP contribution >= 0.6 is 0 Å². The van der Waals surface area contributed by atoms with Crippen LogP contribution in [0.3, 0.4) is 0 Å². The number of hydrogen-bond acceptors (Lipinski definition) is 4. The lowest BCUT2D eigenvalue weighted by atomic mass is 10.1. The van der Waals surface area contributed by atoms with Crippen LogP contribution in [0, 0.1) is 13.8 Å². The molecule has 0 unspecified atom stereocenters. The fourth-order valence-electron chi connectivity index (χ4n) is 2.65. The summed E-state index contributed by atoms with van der Waals surface area (Å²) in [5, 5.41) is 11.4. The number of aromatic nitrogens is 4. The summed E-state index contributed by atoms with van der Waals surface area (Å²) in [6.45, 7) is 4.96. The minimum absolute atomic E-state index is 0.174. The third-order valence-electron chi connectivity index (χ3n) is 3.78. The molecule has 0 aliphatic rings. The van der Waals surface area contributed by atoms with Crippen molar-refractivity contribution in [2.75, 3.05) is 12.4 Å². The molecule has 0 radical (unpaired) electrons. The Morgan fingerprint density at radius 1 is 1.28 bits per heavy atom. The summed E-state index contributed by atoms with van der Waals surface area (Å²) in [6.07, 6.45) is 3.32. The number of amides is 1. The van der Waals surface area contributed by atoms with Crippen LogP contribution in [0.4, 0.5) is 5.69 Å². The molecule has 3 aromatic rings. The Hall–Kier alpha value is -2.93. The zero-order valence-corrected chi connectivity index (χ0v) is 14.6. The lowest BCUT2D eigenvalue weighted by Gasteiger charge is -2.07. The number of benzene rings is 1. The summed E-state index contributed by atoms with van der Waals surface area (Å²) in [5.41, 5.74) is 4.33. The fraction of sp³-hybridized carbons (Fsp3) is 0.278. The third-order valence-corrected chi connectivity index (χ3v) is 3.78. The Bertz CT molecular complexity index is 881. The van der Waals surface area contributed by atoms with Crippen molar-refractivity contribution in [1.29, 1.82) is 0 Å². The summed E-state index contributed by atoms with van der Waals surface area (Å²) in [7, 11) is 1.59. The van der Waals surface area contributed by atoms with Gasteiger partial charge in [0, 0.05) is 18.4 Å². The maximum Gasteiger partial charge on any atom is 0.255 e. The van der Waals surface area contributed by atoms with Gasteiger partial charge in [-0.05, 0) is 37.6 Å². The molecule has 0 fully saturated rings. The summed E-state index contributed by atoms with van der Waals surface area (Å²) < 4.78 is 8.53. The van der Waals surface area contributed by atoms with Gasteiger partial charge >= 0.3 is 0 Å². The zero-order valence-electron chi connectivity index (χ0n) is 14.6. The van der Waals surface area contributed by atoms with E-state index in [1.54, 1.807) is 30.3 Å². The number of carbonyl (C=O) groups excluding carboxylic acids is 1. The van der Waals surface area contributed by atoms with E-state index in [1.807, 2.05) is 42.8 Å². The van der Waals surface area contributed by atoms with Gasteiger partial charge in [-0.1, -0.05) is 12.1 Å². The van der Waals surface area contributed by atoms with E-state index in [0.29, 0.717) is 24.5 Å². The van der Waals surface area contributed by atoms with Gasteiger partial charge < -0.3 is 10.1 Å². The Kier molecular flexibility index (Phi) is 4.95. The van der Waals surface area contributed by atoms with E-state index in [2.05, 4.69) is 15.5 Å². The molecule has 1 N–H and O–H groups in total. The van der Waals surface area contributed by atoms with Gasteiger partial charge in [0.05, 0.1) is 30.3 Å². The van der Waals surface area contributed by atoms with Gasteiger partial charge in [0.15, 0.2) is 0 Å². The third kappa shape index (κ3) is 4.13. The minimum Gasteiger partial charge on any atom is -0.362 e. The highest BCUT2D eigenvalue weighted by Gasteiger charge is 2.09.